The van der Waals surface area contributed by atoms with Crippen LogP contribution < -0.4 is 0 Å². The lowest BCUT2D eigenvalue weighted by atomic mass is 10.0. The van der Waals surface area contributed by atoms with Crippen LogP contribution in [0, 0.1) is 0 Å². The van der Waals surface area contributed by atoms with E-state index >= 15 is 0 Å². The van der Waals surface area contributed by atoms with Gasteiger partial charge in [-0.1, -0.05) is 90.4 Å². The third-order valence-corrected chi connectivity index (χ3v) is 3.79. The lowest BCUT2D eigenvalue weighted by molar-refractivity contribution is -0.200. The molecule has 0 fully saturated rings. The van der Waals surface area contributed by atoms with Crippen LogP contribution in [0.1, 0.15) is 96.8 Å². The maximum atomic E-state index is 10.5. The number of ether oxygens (including phenoxy) is 1. The molecule has 0 atom stereocenters. The molecule has 0 aromatic rings. The first-order chi connectivity index (χ1) is 10.3. The fraction of sp³-hybridized carbons (Fsp3) is 0.941. The molecule has 0 rings (SSSR count). The smallest absolute Gasteiger partial charge is 0.432 e. The Kier molecular flexibility index (Phi) is 16.6. The minimum Gasteiger partial charge on any atom is -0.432 e. The predicted molar refractivity (Wildman–Crippen MR) is 85.4 cm³/mol. The first-order valence-electron chi connectivity index (χ1n) is 8.79. The van der Waals surface area contributed by atoms with Crippen LogP contribution in [-0.4, -0.2) is 18.0 Å². The van der Waals surface area contributed by atoms with Gasteiger partial charge < -0.3 is 4.74 Å². The van der Waals surface area contributed by atoms with Crippen molar-refractivity contribution in [2.24, 2.45) is 0 Å². The summed E-state index contributed by atoms with van der Waals surface area (Å²) < 4.78 is 4.59. The topological polar surface area (TPSA) is 55.8 Å². The van der Waals surface area contributed by atoms with Gasteiger partial charge in [-0.15, -0.1) is 0 Å². The van der Waals surface area contributed by atoms with Crippen molar-refractivity contribution in [2.75, 3.05) is 6.61 Å². The largest absolute Gasteiger partial charge is 0.540 e. The molecule has 0 saturated carbocycles. The Balaban J connectivity index is 2.98. The Morgan fingerprint density at radius 2 is 1.10 bits per heavy atom. The second kappa shape index (κ2) is 17.3. The zero-order valence-electron chi connectivity index (χ0n) is 13.8. The van der Waals surface area contributed by atoms with Gasteiger partial charge >= 0.3 is 6.16 Å². The molecule has 0 aliphatic heterocycles. The first kappa shape index (κ1) is 20.2. The zero-order chi connectivity index (χ0) is 15.6. The standard InChI is InChI=1S/C17H34O4/c1-2-3-4-5-6-7-8-9-10-11-12-13-14-15-16-20-17(18)21-19/h19H,2-16H2,1H3. The fourth-order valence-corrected chi connectivity index (χ4v) is 2.48. The van der Waals surface area contributed by atoms with Gasteiger partial charge in [-0.05, 0) is 6.42 Å². The Labute approximate surface area is 130 Å². The molecule has 21 heavy (non-hydrogen) atoms. The van der Waals surface area contributed by atoms with E-state index in [2.05, 4.69) is 16.5 Å². The highest BCUT2D eigenvalue weighted by atomic mass is 17.1. The quantitative estimate of drug-likeness (QED) is 0.172. The van der Waals surface area contributed by atoms with Crippen molar-refractivity contribution in [1.82, 2.24) is 0 Å². The van der Waals surface area contributed by atoms with Crippen LogP contribution in [-0.2, 0) is 9.62 Å². The minimum atomic E-state index is -1.01. The van der Waals surface area contributed by atoms with Gasteiger partial charge in [0.2, 0.25) is 0 Å². The van der Waals surface area contributed by atoms with E-state index in [4.69, 9.17) is 5.26 Å². The van der Waals surface area contributed by atoms with Crippen LogP contribution in [0.4, 0.5) is 4.79 Å². The molecule has 0 amide bonds. The van der Waals surface area contributed by atoms with Gasteiger partial charge in [0.05, 0.1) is 6.61 Å². The highest BCUT2D eigenvalue weighted by Crippen LogP contribution is 2.12. The molecule has 0 aliphatic rings. The van der Waals surface area contributed by atoms with Crippen molar-refractivity contribution in [2.45, 2.75) is 96.8 Å². The van der Waals surface area contributed by atoms with Crippen molar-refractivity contribution in [3.8, 4) is 0 Å². The van der Waals surface area contributed by atoms with Crippen LogP contribution in [0.15, 0.2) is 0 Å². The van der Waals surface area contributed by atoms with Crippen molar-refractivity contribution in [3.05, 3.63) is 0 Å². The molecule has 0 aromatic heterocycles. The van der Waals surface area contributed by atoms with E-state index in [1.807, 2.05) is 0 Å². The number of carbonyl (C=O) groups is 1. The first-order valence-corrected chi connectivity index (χ1v) is 8.79. The zero-order valence-corrected chi connectivity index (χ0v) is 13.8. The second-order valence-corrected chi connectivity index (χ2v) is 5.79. The van der Waals surface area contributed by atoms with E-state index in [0.29, 0.717) is 6.61 Å². The van der Waals surface area contributed by atoms with E-state index in [1.54, 1.807) is 0 Å². The van der Waals surface area contributed by atoms with Crippen LogP contribution >= 0.6 is 0 Å². The van der Waals surface area contributed by atoms with Crippen molar-refractivity contribution >= 4 is 6.16 Å². The van der Waals surface area contributed by atoms with Gasteiger partial charge in [0.15, 0.2) is 0 Å². The van der Waals surface area contributed by atoms with Crippen LogP contribution in [0.2, 0.25) is 0 Å². The lowest BCUT2D eigenvalue weighted by Gasteiger charge is -2.03. The molecule has 0 aromatic carbocycles. The SMILES string of the molecule is CCCCCCCCCCCCCCCCOC(=O)OO. The predicted octanol–water partition coefficient (Wildman–Crippen LogP) is 6.09. The van der Waals surface area contributed by atoms with Crippen molar-refractivity contribution in [3.63, 3.8) is 0 Å². The van der Waals surface area contributed by atoms with Crippen LogP contribution in [0.5, 0.6) is 0 Å². The van der Waals surface area contributed by atoms with Gasteiger partial charge in [-0.3, -0.25) is 4.89 Å². The molecule has 4 heteroatoms. The molecule has 0 saturated heterocycles. The minimum absolute atomic E-state index is 0.331. The summed E-state index contributed by atoms with van der Waals surface area (Å²) in [6, 6.07) is 0. The van der Waals surface area contributed by atoms with E-state index in [9.17, 15) is 4.79 Å². The summed E-state index contributed by atoms with van der Waals surface area (Å²) in [4.78, 5) is 13.9. The molecule has 0 unspecified atom stereocenters. The average Bonchev–Trinajstić information content (AvgIpc) is 2.50. The third-order valence-electron chi connectivity index (χ3n) is 3.79. The van der Waals surface area contributed by atoms with E-state index in [-0.39, 0.29) is 0 Å². The lowest BCUT2D eigenvalue weighted by Crippen LogP contribution is -2.05. The van der Waals surface area contributed by atoms with E-state index in [0.717, 1.165) is 12.8 Å². The Bertz CT molecular complexity index is 219. The summed E-state index contributed by atoms with van der Waals surface area (Å²) in [5, 5.41) is 7.98. The maximum absolute atomic E-state index is 10.5. The van der Waals surface area contributed by atoms with Crippen molar-refractivity contribution in [1.29, 1.82) is 0 Å². The van der Waals surface area contributed by atoms with Gasteiger partial charge in [0, 0.05) is 0 Å². The molecular formula is C17H34O4. The number of hydrogen-bond acceptors (Lipinski definition) is 4. The molecule has 0 aliphatic carbocycles. The Hall–Kier alpha value is -0.770. The molecule has 0 radical (unpaired) electrons. The third kappa shape index (κ3) is 17.2. The number of carbonyl (C=O) groups excluding carboxylic acids is 1. The summed E-state index contributed by atoms with van der Waals surface area (Å²) in [5.74, 6) is 0. The molecule has 0 bridgehead atoms. The number of unbranched alkanes of at least 4 members (excludes halogenated alkanes) is 13. The van der Waals surface area contributed by atoms with Gasteiger partial charge in [-0.25, -0.2) is 4.79 Å². The normalized spacial score (nSPS) is 10.6. The van der Waals surface area contributed by atoms with Crippen LogP contribution in [0.3, 0.4) is 0 Å². The average molecular weight is 302 g/mol. The van der Waals surface area contributed by atoms with Crippen molar-refractivity contribution < 1.29 is 19.7 Å². The highest BCUT2D eigenvalue weighted by Gasteiger charge is 2.00. The molecule has 0 heterocycles. The summed E-state index contributed by atoms with van der Waals surface area (Å²) >= 11 is 0. The molecule has 126 valence electrons. The monoisotopic (exact) mass is 302 g/mol. The van der Waals surface area contributed by atoms with Gasteiger partial charge in [0.25, 0.3) is 0 Å². The van der Waals surface area contributed by atoms with Gasteiger partial charge in [0.1, 0.15) is 0 Å². The molecule has 0 spiro atoms. The Morgan fingerprint density at radius 1 is 0.714 bits per heavy atom. The van der Waals surface area contributed by atoms with Crippen LogP contribution in [0.25, 0.3) is 0 Å². The summed E-state index contributed by atoms with van der Waals surface area (Å²) in [6.45, 7) is 2.59. The highest BCUT2D eigenvalue weighted by molar-refractivity contribution is 5.58. The van der Waals surface area contributed by atoms with E-state index in [1.165, 1.54) is 77.0 Å². The number of hydrogen-bond donors (Lipinski definition) is 1. The maximum Gasteiger partial charge on any atom is 0.540 e. The fourth-order valence-electron chi connectivity index (χ4n) is 2.48. The molecule has 1 N–H and O–H groups in total. The second-order valence-electron chi connectivity index (χ2n) is 5.79. The number of rotatable bonds is 15. The molecule has 4 nitrogen and oxygen atoms in total. The summed E-state index contributed by atoms with van der Waals surface area (Å²) in [7, 11) is 0. The summed E-state index contributed by atoms with van der Waals surface area (Å²) in [5.41, 5.74) is 0. The van der Waals surface area contributed by atoms with E-state index < -0.39 is 6.16 Å². The molecular weight excluding hydrogens is 268 g/mol. The van der Waals surface area contributed by atoms with Gasteiger partial charge in [-0.2, -0.15) is 5.26 Å². The Morgan fingerprint density at radius 3 is 1.48 bits per heavy atom. The summed E-state index contributed by atoms with van der Waals surface area (Å²) in [6.07, 6.45) is 17.2.